The van der Waals surface area contributed by atoms with Crippen molar-refractivity contribution in [2.45, 2.75) is 38.1 Å². The Labute approximate surface area is 138 Å². The molecule has 0 spiro atoms. The Morgan fingerprint density at radius 3 is 2.82 bits per heavy atom. The molecular formula is C16H20BrNO4. The zero-order valence-corrected chi connectivity index (χ0v) is 14.1. The van der Waals surface area contributed by atoms with Gasteiger partial charge in [-0.05, 0) is 47.8 Å². The van der Waals surface area contributed by atoms with Crippen molar-refractivity contribution in [3.8, 4) is 5.75 Å². The highest BCUT2D eigenvalue weighted by Gasteiger charge is 2.42. The molecule has 0 aromatic heterocycles. The van der Waals surface area contributed by atoms with Crippen LogP contribution in [0.5, 0.6) is 5.75 Å². The van der Waals surface area contributed by atoms with Gasteiger partial charge in [-0.3, -0.25) is 9.59 Å². The van der Waals surface area contributed by atoms with Crippen LogP contribution in [0.2, 0.25) is 0 Å². The van der Waals surface area contributed by atoms with Crippen LogP contribution in [0.1, 0.15) is 32.6 Å². The van der Waals surface area contributed by atoms with E-state index in [-0.39, 0.29) is 12.5 Å². The van der Waals surface area contributed by atoms with Gasteiger partial charge in [0.1, 0.15) is 5.75 Å². The molecule has 1 aromatic rings. The average Bonchev–Trinajstić information content (AvgIpc) is 2.46. The SMILES string of the molecule is CC1(NC(=O)COc2ccccc2Br)CCCCC1C(=O)O. The Balaban J connectivity index is 1.95. The topological polar surface area (TPSA) is 75.6 Å². The fourth-order valence-electron chi connectivity index (χ4n) is 2.94. The molecule has 1 saturated carbocycles. The molecule has 2 rings (SSSR count). The summed E-state index contributed by atoms with van der Waals surface area (Å²) in [7, 11) is 0. The Morgan fingerprint density at radius 2 is 2.14 bits per heavy atom. The molecule has 0 saturated heterocycles. The summed E-state index contributed by atoms with van der Waals surface area (Å²) in [5.41, 5.74) is -0.710. The second-order valence-electron chi connectivity index (χ2n) is 5.82. The first-order chi connectivity index (χ1) is 10.4. The third kappa shape index (κ3) is 4.00. The summed E-state index contributed by atoms with van der Waals surface area (Å²) in [6.07, 6.45) is 3.07. The minimum absolute atomic E-state index is 0.134. The Kier molecular flexibility index (Phi) is 5.45. The van der Waals surface area contributed by atoms with E-state index in [4.69, 9.17) is 4.74 Å². The normalized spacial score (nSPS) is 24.5. The van der Waals surface area contributed by atoms with Crippen LogP contribution < -0.4 is 10.1 Å². The van der Waals surface area contributed by atoms with Crippen molar-refractivity contribution >= 4 is 27.8 Å². The highest BCUT2D eigenvalue weighted by atomic mass is 79.9. The molecule has 0 bridgehead atoms. The highest BCUT2D eigenvalue weighted by molar-refractivity contribution is 9.10. The number of aliphatic carboxylic acids is 1. The number of ether oxygens (including phenoxy) is 1. The van der Waals surface area contributed by atoms with Crippen molar-refractivity contribution in [3.63, 3.8) is 0 Å². The molecule has 2 unspecified atom stereocenters. The van der Waals surface area contributed by atoms with Crippen LogP contribution in [0, 0.1) is 5.92 Å². The molecule has 1 aromatic carbocycles. The molecule has 1 aliphatic rings. The summed E-state index contributed by atoms with van der Waals surface area (Å²) in [6, 6.07) is 7.27. The zero-order chi connectivity index (χ0) is 16.2. The van der Waals surface area contributed by atoms with Gasteiger partial charge < -0.3 is 15.2 Å². The maximum atomic E-state index is 12.1. The molecule has 1 aliphatic carbocycles. The number of carbonyl (C=O) groups excluding carboxylic acids is 1. The van der Waals surface area contributed by atoms with Gasteiger partial charge in [0.05, 0.1) is 15.9 Å². The van der Waals surface area contributed by atoms with E-state index < -0.39 is 17.4 Å². The van der Waals surface area contributed by atoms with Crippen molar-refractivity contribution in [3.05, 3.63) is 28.7 Å². The number of rotatable bonds is 5. The molecule has 0 aliphatic heterocycles. The lowest BCUT2D eigenvalue weighted by molar-refractivity contribution is -0.146. The monoisotopic (exact) mass is 369 g/mol. The fourth-order valence-corrected chi connectivity index (χ4v) is 3.34. The van der Waals surface area contributed by atoms with Gasteiger partial charge in [0.15, 0.2) is 6.61 Å². The number of hydrogen-bond acceptors (Lipinski definition) is 3. The summed E-state index contributed by atoms with van der Waals surface area (Å²) in [4.78, 5) is 23.5. The molecule has 22 heavy (non-hydrogen) atoms. The molecule has 2 atom stereocenters. The molecule has 0 radical (unpaired) electrons. The predicted octanol–water partition coefficient (Wildman–Crippen LogP) is 2.98. The lowest BCUT2D eigenvalue weighted by atomic mass is 9.74. The summed E-state index contributed by atoms with van der Waals surface area (Å²) < 4.78 is 6.25. The van der Waals surface area contributed by atoms with E-state index in [2.05, 4.69) is 21.2 Å². The van der Waals surface area contributed by atoms with Gasteiger partial charge in [-0.1, -0.05) is 25.0 Å². The van der Waals surface area contributed by atoms with E-state index in [1.54, 1.807) is 13.0 Å². The van der Waals surface area contributed by atoms with Gasteiger partial charge in [0.25, 0.3) is 5.91 Å². The van der Waals surface area contributed by atoms with E-state index in [0.29, 0.717) is 18.6 Å². The molecule has 1 amide bonds. The van der Waals surface area contributed by atoms with E-state index in [9.17, 15) is 14.7 Å². The zero-order valence-electron chi connectivity index (χ0n) is 12.5. The van der Waals surface area contributed by atoms with Crippen LogP contribution in [0.3, 0.4) is 0 Å². The van der Waals surface area contributed by atoms with Crippen LogP contribution in [0.4, 0.5) is 0 Å². The highest BCUT2D eigenvalue weighted by Crippen LogP contribution is 2.33. The van der Waals surface area contributed by atoms with Gasteiger partial charge in [-0.25, -0.2) is 0 Å². The standard InChI is InChI=1S/C16H20BrNO4/c1-16(9-5-4-6-11(16)15(20)21)18-14(19)10-22-13-8-3-2-7-12(13)17/h2-3,7-8,11H,4-6,9-10H2,1H3,(H,18,19)(H,20,21). The van der Waals surface area contributed by atoms with Crippen LogP contribution in [0.25, 0.3) is 0 Å². The lowest BCUT2D eigenvalue weighted by Crippen LogP contribution is -2.56. The number of nitrogens with one attached hydrogen (secondary N) is 1. The van der Waals surface area contributed by atoms with Gasteiger partial charge >= 0.3 is 5.97 Å². The molecule has 2 N–H and O–H groups in total. The predicted molar refractivity (Wildman–Crippen MR) is 85.8 cm³/mol. The third-order valence-electron chi connectivity index (χ3n) is 4.13. The first-order valence-corrected chi connectivity index (χ1v) is 8.13. The second-order valence-corrected chi connectivity index (χ2v) is 6.68. The van der Waals surface area contributed by atoms with Crippen molar-refractivity contribution in [2.24, 2.45) is 5.92 Å². The number of carboxylic acid groups (broad SMARTS) is 1. The number of halogens is 1. The summed E-state index contributed by atoms with van der Waals surface area (Å²) in [6.45, 7) is 1.67. The third-order valence-corrected chi connectivity index (χ3v) is 4.78. The van der Waals surface area contributed by atoms with Crippen LogP contribution in [-0.2, 0) is 9.59 Å². The Bertz CT molecular complexity index is 563. The number of benzene rings is 1. The number of para-hydroxylation sites is 1. The largest absolute Gasteiger partial charge is 0.483 e. The van der Waals surface area contributed by atoms with E-state index in [0.717, 1.165) is 17.3 Å². The second kappa shape index (κ2) is 7.13. The van der Waals surface area contributed by atoms with Gasteiger partial charge in [-0.2, -0.15) is 0 Å². The summed E-state index contributed by atoms with van der Waals surface area (Å²) >= 11 is 3.35. The van der Waals surface area contributed by atoms with E-state index >= 15 is 0 Å². The molecule has 5 nitrogen and oxygen atoms in total. The smallest absolute Gasteiger partial charge is 0.308 e. The Morgan fingerprint density at radius 1 is 1.41 bits per heavy atom. The van der Waals surface area contributed by atoms with Crippen molar-refractivity contribution < 1.29 is 19.4 Å². The molecule has 120 valence electrons. The van der Waals surface area contributed by atoms with Crippen molar-refractivity contribution in [1.29, 1.82) is 0 Å². The average molecular weight is 370 g/mol. The molecular weight excluding hydrogens is 350 g/mol. The van der Waals surface area contributed by atoms with Crippen molar-refractivity contribution in [2.75, 3.05) is 6.61 Å². The van der Waals surface area contributed by atoms with Crippen LogP contribution in [-0.4, -0.2) is 29.1 Å². The van der Waals surface area contributed by atoms with E-state index in [1.165, 1.54) is 0 Å². The number of hydrogen-bond donors (Lipinski definition) is 2. The Hall–Kier alpha value is -1.56. The fraction of sp³-hybridized carbons (Fsp3) is 0.500. The number of carboxylic acids is 1. The van der Waals surface area contributed by atoms with Crippen LogP contribution >= 0.6 is 15.9 Å². The van der Waals surface area contributed by atoms with Gasteiger partial charge in [0.2, 0.25) is 0 Å². The summed E-state index contributed by atoms with van der Waals surface area (Å²) in [5.74, 6) is -1.12. The lowest BCUT2D eigenvalue weighted by Gasteiger charge is -2.39. The molecule has 0 heterocycles. The first-order valence-electron chi connectivity index (χ1n) is 7.33. The maximum absolute atomic E-state index is 12.1. The maximum Gasteiger partial charge on any atom is 0.308 e. The van der Waals surface area contributed by atoms with E-state index in [1.807, 2.05) is 18.2 Å². The number of amides is 1. The van der Waals surface area contributed by atoms with Gasteiger partial charge in [0, 0.05) is 0 Å². The quantitative estimate of drug-likeness (QED) is 0.836. The number of carbonyl (C=O) groups is 2. The first kappa shape index (κ1) is 16.8. The van der Waals surface area contributed by atoms with Crippen molar-refractivity contribution in [1.82, 2.24) is 5.32 Å². The van der Waals surface area contributed by atoms with Crippen LogP contribution in [0.15, 0.2) is 28.7 Å². The minimum atomic E-state index is -0.853. The van der Waals surface area contributed by atoms with Gasteiger partial charge in [-0.15, -0.1) is 0 Å². The minimum Gasteiger partial charge on any atom is -0.483 e. The molecule has 6 heteroatoms. The molecule has 1 fully saturated rings. The summed E-state index contributed by atoms with van der Waals surface area (Å²) in [5, 5.41) is 12.2.